The quantitative estimate of drug-likeness (QED) is 0.921. The zero-order chi connectivity index (χ0) is 17.3. The van der Waals surface area contributed by atoms with Gasteiger partial charge in [0.05, 0.1) is 6.04 Å². The van der Waals surface area contributed by atoms with Crippen molar-refractivity contribution in [1.82, 2.24) is 20.0 Å². The first-order chi connectivity index (χ1) is 11.4. The van der Waals surface area contributed by atoms with E-state index in [1.165, 1.54) is 12.1 Å². The molecule has 0 aliphatic carbocycles. The Kier molecular flexibility index (Phi) is 4.33. The maximum Gasteiger partial charge on any atom is 0.272 e. The molecule has 1 aliphatic heterocycles. The summed E-state index contributed by atoms with van der Waals surface area (Å²) in [6.07, 6.45) is 0.263. The first kappa shape index (κ1) is 16.2. The topological polar surface area (TPSA) is 67.2 Å². The van der Waals surface area contributed by atoms with Crippen LogP contribution in [0.5, 0.6) is 0 Å². The van der Waals surface area contributed by atoms with Crippen LogP contribution in [0.4, 0.5) is 4.39 Å². The van der Waals surface area contributed by atoms with Gasteiger partial charge in [0, 0.05) is 32.3 Å². The van der Waals surface area contributed by atoms with Crippen LogP contribution in [0.3, 0.4) is 0 Å². The van der Waals surface area contributed by atoms with Gasteiger partial charge in [0.2, 0.25) is 5.91 Å². The third-order valence-corrected chi connectivity index (χ3v) is 4.18. The van der Waals surface area contributed by atoms with Crippen molar-refractivity contribution in [2.75, 3.05) is 6.54 Å². The van der Waals surface area contributed by atoms with Crippen molar-refractivity contribution >= 4 is 11.8 Å². The van der Waals surface area contributed by atoms with Gasteiger partial charge in [0.15, 0.2) is 0 Å². The largest absolute Gasteiger partial charge is 0.346 e. The summed E-state index contributed by atoms with van der Waals surface area (Å²) in [5.74, 6) is -0.607. The average molecular weight is 330 g/mol. The molecule has 3 rings (SSSR count). The Bertz CT molecular complexity index is 750. The van der Waals surface area contributed by atoms with Crippen LogP contribution >= 0.6 is 0 Å². The minimum Gasteiger partial charge on any atom is -0.346 e. The molecule has 2 aromatic rings. The number of hydrogen-bond donors (Lipinski definition) is 1. The summed E-state index contributed by atoms with van der Waals surface area (Å²) in [5, 5.41) is 6.99. The van der Waals surface area contributed by atoms with Gasteiger partial charge in [-0.15, -0.1) is 0 Å². The predicted octanol–water partition coefficient (Wildman–Crippen LogP) is 1.40. The summed E-state index contributed by atoms with van der Waals surface area (Å²) in [6, 6.07) is 7.53. The fourth-order valence-electron chi connectivity index (χ4n) is 2.76. The van der Waals surface area contributed by atoms with E-state index in [-0.39, 0.29) is 30.1 Å². The first-order valence-electron chi connectivity index (χ1n) is 7.76. The van der Waals surface area contributed by atoms with Gasteiger partial charge < -0.3 is 10.2 Å². The fraction of sp³-hybridized carbons (Fsp3) is 0.353. The molecule has 2 heterocycles. The lowest BCUT2D eigenvalue weighted by Crippen LogP contribution is -2.37. The van der Waals surface area contributed by atoms with Crippen molar-refractivity contribution in [3.8, 4) is 0 Å². The lowest BCUT2D eigenvalue weighted by Gasteiger charge is -2.17. The number of hydrogen-bond acceptors (Lipinski definition) is 3. The molecule has 6 nitrogen and oxygen atoms in total. The van der Waals surface area contributed by atoms with Crippen LogP contribution in [0.25, 0.3) is 0 Å². The number of carbonyl (C=O) groups excluding carboxylic acids is 2. The number of amides is 2. The minimum atomic E-state index is -0.303. The highest BCUT2D eigenvalue weighted by molar-refractivity contribution is 5.93. The average Bonchev–Trinajstić information content (AvgIpc) is 3.05. The van der Waals surface area contributed by atoms with E-state index in [2.05, 4.69) is 10.4 Å². The van der Waals surface area contributed by atoms with E-state index in [9.17, 15) is 14.0 Å². The van der Waals surface area contributed by atoms with Gasteiger partial charge in [-0.1, -0.05) is 12.1 Å². The lowest BCUT2D eigenvalue weighted by molar-refractivity contribution is -0.128. The second-order valence-corrected chi connectivity index (χ2v) is 6.07. The predicted molar refractivity (Wildman–Crippen MR) is 85.6 cm³/mol. The highest BCUT2D eigenvalue weighted by atomic mass is 19.1. The molecule has 2 amide bonds. The summed E-state index contributed by atoms with van der Waals surface area (Å²) in [4.78, 5) is 26.0. The molecule has 1 N–H and O–H groups in total. The van der Waals surface area contributed by atoms with Crippen molar-refractivity contribution < 1.29 is 14.0 Å². The summed E-state index contributed by atoms with van der Waals surface area (Å²) >= 11 is 0. The second-order valence-electron chi connectivity index (χ2n) is 6.07. The maximum atomic E-state index is 12.9. The van der Waals surface area contributed by atoms with Gasteiger partial charge in [0.25, 0.3) is 5.91 Å². The van der Waals surface area contributed by atoms with Crippen LogP contribution in [0.2, 0.25) is 0 Å². The smallest absolute Gasteiger partial charge is 0.272 e. The number of halogens is 1. The number of benzene rings is 1. The number of nitrogens with one attached hydrogen (secondary N) is 1. The third kappa shape index (κ3) is 3.45. The van der Waals surface area contributed by atoms with Crippen molar-refractivity contribution in [3.05, 3.63) is 53.1 Å². The van der Waals surface area contributed by atoms with E-state index >= 15 is 0 Å². The van der Waals surface area contributed by atoms with Crippen LogP contribution in [-0.2, 0) is 18.4 Å². The van der Waals surface area contributed by atoms with Gasteiger partial charge in [-0.2, -0.15) is 5.10 Å². The van der Waals surface area contributed by atoms with Gasteiger partial charge >= 0.3 is 0 Å². The Balaban J connectivity index is 1.60. The molecule has 0 spiro atoms. The van der Waals surface area contributed by atoms with E-state index in [0.29, 0.717) is 18.8 Å². The molecule has 7 heteroatoms. The Morgan fingerprint density at radius 1 is 1.38 bits per heavy atom. The maximum absolute atomic E-state index is 12.9. The molecule has 24 heavy (non-hydrogen) atoms. The summed E-state index contributed by atoms with van der Waals surface area (Å²) in [6.45, 7) is 2.72. The molecule has 1 aromatic carbocycles. The van der Waals surface area contributed by atoms with Crippen LogP contribution < -0.4 is 5.32 Å². The highest BCUT2D eigenvalue weighted by Gasteiger charge is 2.31. The highest BCUT2D eigenvalue weighted by Crippen LogP contribution is 2.16. The molecule has 1 unspecified atom stereocenters. The van der Waals surface area contributed by atoms with Gasteiger partial charge in [-0.3, -0.25) is 14.3 Å². The SMILES string of the molecule is Cc1cc(C(=O)NC2CC(=O)N(Cc3ccc(F)cc3)C2)nn1C. The zero-order valence-electron chi connectivity index (χ0n) is 13.6. The number of carbonyl (C=O) groups is 2. The van der Waals surface area contributed by atoms with Crippen LogP contribution in [0, 0.1) is 12.7 Å². The molecule has 1 aliphatic rings. The molecule has 1 fully saturated rings. The number of nitrogens with zero attached hydrogens (tertiary/aromatic N) is 3. The van der Waals surface area contributed by atoms with Crippen LogP contribution in [0.1, 0.15) is 28.2 Å². The number of aromatic nitrogens is 2. The fourth-order valence-corrected chi connectivity index (χ4v) is 2.76. The Morgan fingerprint density at radius 2 is 2.08 bits per heavy atom. The first-order valence-corrected chi connectivity index (χ1v) is 7.76. The number of rotatable bonds is 4. The van der Waals surface area contributed by atoms with E-state index in [1.807, 2.05) is 6.92 Å². The normalized spacial score (nSPS) is 17.4. The Morgan fingerprint density at radius 3 is 2.71 bits per heavy atom. The Labute approximate surface area is 139 Å². The summed E-state index contributed by atoms with van der Waals surface area (Å²) in [7, 11) is 1.77. The molecule has 0 bridgehead atoms. The lowest BCUT2D eigenvalue weighted by atomic mass is 10.2. The van der Waals surface area contributed by atoms with Gasteiger partial charge in [0.1, 0.15) is 11.5 Å². The monoisotopic (exact) mass is 330 g/mol. The van der Waals surface area contributed by atoms with E-state index in [1.54, 1.807) is 34.8 Å². The van der Waals surface area contributed by atoms with E-state index in [0.717, 1.165) is 11.3 Å². The molecule has 0 radical (unpaired) electrons. The number of aryl methyl sites for hydroxylation is 2. The molecular formula is C17H19FN4O2. The molecule has 1 saturated heterocycles. The Hall–Kier alpha value is -2.70. The summed E-state index contributed by atoms with van der Waals surface area (Å²) in [5.41, 5.74) is 2.09. The van der Waals surface area contributed by atoms with Crippen molar-refractivity contribution in [1.29, 1.82) is 0 Å². The van der Waals surface area contributed by atoms with Crippen molar-refractivity contribution in [2.24, 2.45) is 7.05 Å². The van der Waals surface area contributed by atoms with Gasteiger partial charge in [-0.25, -0.2) is 4.39 Å². The summed E-state index contributed by atoms with van der Waals surface area (Å²) < 4.78 is 14.6. The molecule has 1 atom stereocenters. The van der Waals surface area contributed by atoms with Crippen LogP contribution in [0.15, 0.2) is 30.3 Å². The molecule has 0 saturated carbocycles. The van der Waals surface area contributed by atoms with Crippen molar-refractivity contribution in [2.45, 2.75) is 25.9 Å². The zero-order valence-corrected chi connectivity index (χ0v) is 13.6. The van der Waals surface area contributed by atoms with Crippen molar-refractivity contribution in [3.63, 3.8) is 0 Å². The van der Waals surface area contributed by atoms with E-state index < -0.39 is 0 Å². The van der Waals surface area contributed by atoms with E-state index in [4.69, 9.17) is 0 Å². The molecule has 126 valence electrons. The van der Waals surface area contributed by atoms with Gasteiger partial charge in [-0.05, 0) is 30.7 Å². The molecule has 1 aromatic heterocycles. The molecular weight excluding hydrogens is 311 g/mol. The van der Waals surface area contributed by atoms with Crippen LogP contribution in [-0.4, -0.2) is 39.1 Å². The third-order valence-electron chi connectivity index (χ3n) is 4.18. The number of likely N-dealkylation sites (tertiary alicyclic amines) is 1. The minimum absolute atomic E-state index is 0.0261. The second kappa shape index (κ2) is 6.43. The standard InChI is InChI=1S/C17H19FN4O2/c1-11-7-15(20-21(11)2)17(24)19-14-8-16(23)22(10-14)9-12-3-5-13(18)6-4-12/h3-7,14H,8-10H2,1-2H3,(H,19,24).